The third-order valence-electron chi connectivity index (χ3n) is 3.89. The summed E-state index contributed by atoms with van der Waals surface area (Å²) in [5.74, 6) is -2.49. The minimum absolute atomic E-state index is 0.146. The maximum atomic E-state index is 12.2. The molecule has 128 valence electrons. The number of carbonyl (C=O) groups is 4. The smallest absolute Gasteiger partial charge is 0.309 e. The molecule has 0 unspecified atom stereocenters. The summed E-state index contributed by atoms with van der Waals surface area (Å²) in [4.78, 5) is 48.3. The molecule has 1 aromatic rings. The van der Waals surface area contributed by atoms with Gasteiger partial charge in [-0.2, -0.15) is 0 Å². The lowest BCUT2D eigenvalue weighted by molar-refractivity contribution is -0.147. The van der Waals surface area contributed by atoms with Gasteiger partial charge in [0.1, 0.15) is 6.54 Å². The third-order valence-corrected chi connectivity index (χ3v) is 4.38. The number of nitrogens with one attached hydrogen (secondary N) is 1. The molecule has 2 rings (SSSR count). The predicted molar refractivity (Wildman–Crippen MR) is 88.6 cm³/mol. The number of halogens is 1. The number of aliphatic carboxylic acids is 1. The molecular weight excluding hydrogens is 380 g/mol. The number of amides is 3. The van der Waals surface area contributed by atoms with Gasteiger partial charge in [-0.25, -0.2) is 0 Å². The molecular formula is C16H17BrN2O5. The maximum Gasteiger partial charge on any atom is 0.309 e. The number of nitrogens with zero attached hydrogens (tertiary/aromatic N) is 1. The molecule has 7 nitrogen and oxygen atoms in total. The largest absolute Gasteiger partial charge is 0.481 e. The summed E-state index contributed by atoms with van der Waals surface area (Å²) in [5.41, 5.74) is -0.438. The average Bonchev–Trinajstić information content (AvgIpc) is 2.71. The van der Waals surface area contributed by atoms with Crippen molar-refractivity contribution in [1.82, 2.24) is 10.2 Å². The van der Waals surface area contributed by atoms with Gasteiger partial charge < -0.3 is 10.4 Å². The highest BCUT2D eigenvalue weighted by atomic mass is 79.9. The molecule has 3 amide bonds. The Morgan fingerprint density at radius 1 is 1.21 bits per heavy atom. The molecule has 0 spiro atoms. The second kappa shape index (κ2) is 6.72. The van der Waals surface area contributed by atoms with E-state index >= 15 is 0 Å². The SMILES string of the molecule is CC(C)(CCNC(=O)CN1C(=O)c2ccc(Br)cc2C1=O)C(=O)O. The van der Waals surface area contributed by atoms with E-state index in [9.17, 15) is 19.2 Å². The number of fused-ring (bicyclic) bond motifs is 1. The summed E-state index contributed by atoms with van der Waals surface area (Å²) in [6.07, 6.45) is 0.239. The Bertz CT molecular complexity index is 729. The summed E-state index contributed by atoms with van der Waals surface area (Å²) in [6.45, 7) is 2.87. The first kappa shape index (κ1) is 18.1. The van der Waals surface area contributed by atoms with Crippen LogP contribution in [0.1, 0.15) is 41.0 Å². The average molecular weight is 397 g/mol. The summed E-state index contributed by atoms with van der Waals surface area (Å²) in [6, 6.07) is 4.73. The Morgan fingerprint density at radius 2 is 1.83 bits per heavy atom. The van der Waals surface area contributed by atoms with Crippen molar-refractivity contribution in [2.24, 2.45) is 5.41 Å². The monoisotopic (exact) mass is 396 g/mol. The second-order valence-electron chi connectivity index (χ2n) is 6.18. The summed E-state index contributed by atoms with van der Waals surface area (Å²) in [5, 5.41) is 11.6. The number of benzene rings is 1. The molecule has 1 aliphatic rings. The normalized spacial score (nSPS) is 13.9. The van der Waals surface area contributed by atoms with Gasteiger partial charge in [0.25, 0.3) is 11.8 Å². The van der Waals surface area contributed by atoms with Crippen LogP contribution in [0.5, 0.6) is 0 Å². The minimum Gasteiger partial charge on any atom is -0.481 e. The zero-order chi connectivity index (χ0) is 18.1. The topological polar surface area (TPSA) is 104 Å². The predicted octanol–water partition coefficient (Wildman–Crippen LogP) is 1.66. The van der Waals surface area contributed by atoms with Crippen LogP contribution in [-0.2, 0) is 9.59 Å². The van der Waals surface area contributed by atoms with E-state index in [0.29, 0.717) is 4.47 Å². The van der Waals surface area contributed by atoms with Gasteiger partial charge in [0, 0.05) is 11.0 Å². The van der Waals surface area contributed by atoms with Crippen molar-refractivity contribution in [1.29, 1.82) is 0 Å². The van der Waals surface area contributed by atoms with Crippen LogP contribution in [0.2, 0.25) is 0 Å². The molecule has 0 saturated heterocycles. The highest BCUT2D eigenvalue weighted by Crippen LogP contribution is 2.25. The van der Waals surface area contributed by atoms with Crippen LogP contribution >= 0.6 is 15.9 Å². The third kappa shape index (κ3) is 3.64. The summed E-state index contributed by atoms with van der Waals surface area (Å²) >= 11 is 3.24. The van der Waals surface area contributed by atoms with Crippen molar-refractivity contribution in [2.45, 2.75) is 20.3 Å². The van der Waals surface area contributed by atoms with E-state index in [-0.39, 0.29) is 24.1 Å². The zero-order valence-corrected chi connectivity index (χ0v) is 14.8. The summed E-state index contributed by atoms with van der Waals surface area (Å²) < 4.78 is 0.671. The van der Waals surface area contributed by atoms with Gasteiger partial charge in [-0.3, -0.25) is 24.1 Å². The van der Waals surface area contributed by atoms with Crippen LogP contribution < -0.4 is 5.32 Å². The quantitative estimate of drug-likeness (QED) is 0.711. The zero-order valence-electron chi connectivity index (χ0n) is 13.3. The molecule has 0 atom stereocenters. The van der Waals surface area contributed by atoms with Gasteiger partial charge in [-0.05, 0) is 38.5 Å². The van der Waals surface area contributed by atoms with Gasteiger partial charge in [0.15, 0.2) is 0 Å². The van der Waals surface area contributed by atoms with E-state index < -0.39 is 35.7 Å². The van der Waals surface area contributed by atoms with Crippen molar-refractivity contribution in [3.63, 3.8) is 0 Å². The number of carboxylic acids is 1. The number of carbonyl (C=O) groups excluding carboxylic acids is 3. The van der Waals surface area contributed by atoms with E-state index in [0.717, 1.165) is 4.90 Å². The van der Waals surface area contributed by atoms with Crippen LogP contribution in [0.4, 0.5) is 0 Å². The van der Waals surface area contributed by atoms with Gasteiger partial charge in [-0.1, -0.05) is 15.9 Å². The molecule has 0 radical (unpaired) electrons. The first-order valence-corrected chi connectivity index (χ1v) is 8.08. The van der Waals surface area contributed by atoms with Gasteiger partial charge >= 0.3 is 5.97 Å². The lowest BCUT2D eigenvalue weighted by atomic mass is 9.90. The van der Waals surface area contributed by atoms with E-state index in [2.05, 4.69) is 21.2 Å². The number of carboxylic acid groups (broad SMARTS) is 1. The highest BCUT2D eigenvalue weighted by molar-refractivity contribution is 9.10. The van der Waals surface area contributed by atoms with Crippen LogP contribution in [0.25, 0.3) is 0 Å². The first-order chi connectivity index (χ1) is 11.1. The van der Waals surface area contributed by atoms with Crippen molar-refractivity contribution < 1.29 is 24.3 Å². The first-order valence-electron chi connectivity index (χ1n) is 7.29. The minimum atomic E-state index is -0.963. The lowest BCUT2D eigenvalue weighted by Crippen LogP contribution is -2.41. The van der Waals surface area contributed by atoms with Crippen molar-refractivity contribution >= 4 is 39.6 Å². The van der Waals surface area contributed by atoms with E-state index in [1.807, 2.05) is 0 Å². The highest BCUT2D eigenvalue weighted by Gasteiger charge is 2.36. The standard InChI is InChI=1S/C16H17BrN2O5/c1-16(2,15(23)24)5-6-18-12(20)8-19-13(21)10-4-3-9(17)7-11(10)14(19)22/h3-4,7H,5-6,8H2,1-2H3,(H,18,20)(H,23,24). The Hall–Kier alpha value is -2.22. The van der Waals surface area contributed by atoms with Crippen molar-refractivity contribution in [3.05, 3.63) is 33.8 Å². The fourth-order valence-electron chi connectivity index (χ4n) is 2.23. The Kier molecular flexibility index (Phi) is 5.08. The van der Waals surface area contributed by atoms with Crippen molar-refractivity contribution in [2.75, 3.05) is 13.1 Å². The fraction of sp³-hybridized carbons (Fsp3) is 0.375. The van der Waals surface area contributed by atoms with Gasteiger partial charge in [-0.15, -0.1) is 0 Å². The molecule has 1 aromatic carbocycles. The molecule has 1 heterocycles. The van der Waals surface area contributed by atoms with Crippen LogP contribution in [0.15, 0.2) is 22.7 Å². The number of hydrogen-bond donors (Lipinski definition) is 2. The van der Waals surface area contributed by atoms with Gasteiger partial charge in [0.2, 0.25) is 5.91 Å². The van der Waals surface area contributed by atoms with Crippen LogP contribution in [0, 0.1) is 5.41 Å². The maximum absolute atomic E-state index is 12.2. The van der Waals surface area contributed by atoms with Crippen LogP contribution in [-0.4, -0.2) is 46.8 Å². The fourth-order valence-corrected chi connectivity index (χ4v) is 2.59. The number of hydrogen-bond acceptors (Lipinski definition) is 4. The molecule has 2 N–H and O–H groups in total. The van der Waals surface area contributed by atoms with Crippen LogP contribution in [0.3, 0.4) is 0 Å². The molecule has 8 heteroatoms. The Labute approximate surface area is 147 Å². The van der Waals surface area contributed by atoms with Gasteiger partial charge in [0.05, 0.1) is 16.5 Å². The molecule has 0 aromatic heterocycles. The molecule has 0 saturated carbocycles. The Morgan fingerprint density at radius 3 is 2.46 bits per heavy atom. The molecule has 24 heavy (non-hydrogen) atoms. The number of rotatable bonds is 6. The molecule has 0 fully saturated rings. The second-order valence-corrected chi connectivity index (χ2v) is 7.09. The molecule has 0 aliphatic carbocycles. The van der Waals surface area contributed by atoms with E-state index in [1.165, 1.54) is 6.07 Å². The van der Waals surface area contributed by atoms with E-state index in [4.69, 9.17) is 5.11 Å². The Balaban J connectivity index is 1.95. The number of imide groups is 1. The lowest BCUT2D eigenvalue weighted by Gasteiger charge is -2.19. The summed E-state index contributed by atoms with van der Waals surface area (Å²) in [7, 11) is 0. The van der Waals surface area contributed by atoms with Crippen molar-refractivity contribution in [3.8, 4) is 0 Å². The molecule has 0 bridgehead atoms. The van der Waals surface area contributed by atoms with E-state index in [1.54, 1.807) is 26.0 Å². The molecule has 1 aliphatic heterocycles.